The number of esters is 1. The largest absolute Gasteiger partial charge is 0.426 e. The summed E-state index contributed by atoms with van der Waals surface area (Å²) in [5, 5.41) is 9.85. The van der Waals surface area contributed by atoms with Crippen LogP contribution in [-0.4, -0.2) is 11.1 Å². The van der Waals surface area contributed by atoms with Gasteiger partial charge in [-0.2, -0.15) is 0 Å². The Bertz CT molecular complexity index is 407. The molecule has 0 spiro atoms. The van der Waals surface area contributed by atoms with Crippen LogP contribution in [0.15, 0.2) is 24.3 Å². The Hall–Kier alpha value is -1.35. The summed E-state index contributed by atoms with van der Waals surface area (Å²) in [4.78, 5) is 11.9. The Morgan fingerprint density at radius 3 is 2.32 bits per heavy atom. The zero-order valence-electron chi connectivity index (χ0n) is 12.3. The van der Waals surface area contributed by atoms with Crippen LogP contribution in [0.4, 0.5) is 0 Å². The highest BCUT2D eigenvalue weighted by atomic mass is 16.5. The number of carbonyl (C=O) groups is 1. The molecule has 0 saturated heterocycles. The van der Waals surface area contributed by atoms with E-state index in [9.17, 15) is 9.90 Å². The number of hydrogen-bond donors (Lipinski definition) is 1. The lowest BCUT2D eigenvalue weighted by Crippen LogP contribution is -2.28. The number of benzene rings is 1. The highest BCUT2D eigenvalue weighted by Gasteiger charge is 2.27. The molecule has 19 heavy (non-hydrogen) atoms. The molecule has 0 amide bonds. The maximum Gasteiger partial charge on any atom is 0.316 e. The molecule has 106 valence electrons. The SMILES string of the molecule is CCCC(O)c1ccc(OC(=O)C(C)(C)CC)cc1. The van der Waals surface area contributed by atoms with Crippen LogP contribution in [0.2, 0.25) is 0 Å². The molecule has 1 atom stereocenters. The first kappa shape index (κ1) is 15.7. The standard InChI is InChI=1S/C16H24O3/c1-5-7-14(17)12-8-10-13(11-9-12)19-15(18)16(3,4)6-2/h8-11,14,17H,5-7H2,1-4H3. The lowest BCUT2D eigenvalue weighted by Gasteiger charge is -2.20. The van der Waals surface area contributed by atoms with Crippen molar-refractivity contribution in [3.05, 3.63) is 29.8 Å². The predicted molar refractivity (Wildman–Crippen MR) is 76.0 cm³/mol. The van der Waals surface area contributed by atoms with E-state index in [4.69, 9.17) is 4.74 Å². The molecule has 3 heteroatoms. The van der Waals surface area contributed by atoms with Crippen molar-refractivity contribution in [3.63, 3.8) is 0 Å². The fraction of sp³-hybridized carbons (Fsp3) is 0.562. The van der Waals surface area contributed by atoms with Crippen LogP contribution >= 0.6 is 0 Å². The second kappa shape index (κ2) is 6.71. The maximum absolute atomic E-state index is 11.9. The van der Waals surface area contributed by atoms with Crippen LogP contribution in [0.5, 0.6) is 5.75 Å². The van der Waals surface area contributed by atoms with Crippen LogP contribution in [0.3, 0.4) is 0 Å². The van der Waals surface area contributed by atoms with Gasteiger partial charge in [0.15, 0.2) is 0 Å². The molecule has 0 bridgehead atoms. The van der Waals surface area contributed by atoms with Crippen molar-refractivity contribution < 1.29 is 14.6 Å². The first-order valence-corrected chi connectivity index (χ1v) is 6.91. The van der Waals surface area contributed by atoms with E-state index in [1.165, 1.54) is 0 Å². The van der Waals surface area contributed by atoms with Gasteiger partial charge in [-0.25, -0.2) is 0 Å². The van der Waals surface area contributed by atoms with E-state index in [2.05, 4.69) is 0 Å². The molecule has 0 radical (unpaired) electrons. The summed E-state index contributed by atoms with van der Waals surface area (Å²) in [6.45, 7) is 7.74. The van der Waals surface area contributed by atoms with Gasteiger partial charge in [-0.05, 0) is 44.4 Å². The molecule has 1 rings (SSSR count). The normalized spacial score (nSPS) is 13.1. The summed E-state index contributed by atoms with van der Waals surface area (Å²) in [6, 6.07) is 7.08. The highest BCUT2D eigenvalue weighted by Crippen LogP contribution is 2.25. The number of ether oxygens (including phenoxy) is 1. The predicted octanol–water partition coefficient (Wildman–Crippen LogP) is 3.86. The van der Waals surface area contributed by atoms with Gasteiger partial charge in [0.25, 0.3) is 0 Å². The van der Waals surface area contributed by atoms with E-state index in [0.29, 0.717) is 5.75 Å². The zero-order chi connectivity index (χ0) is 14.5. The van der Waals surface area contributed by atoms with E-state index >= 15 is 0 Å². The van der Waals surface area contributed by atoms with Gasteiger partial charge in [0, 0.05) is 0 Å². The summed E-state index contributed by atoms with van der Waals surface area (Å²) in [5.41, 5.74) is 0.386. The van der Waals surface area contributed by atoms with Gasteiger partial charge in [0.1, 0.15) is 5.75 Å². The van der Waals surface area contributed by atoms with E-state index in [1.807, 2.05) is 39.8 Å². The van der Waals surface area contributed by atoms with E-state index in [0.717, 1.165) is 24.8 Å². The molecule has 0 saturated carbocycles. The van der Waals surface area contributed by atoms with Gasteiger partial charge in [-0.1, -0.05) is 32.4 Å². The van der Waals surface area contributed by atoms with E-state index in [-0.39, 0.29) is 5.97 Å². The molecule has 0 fully saturated rings. The lowest BCUT2D eigenvalue weighted by molar-refractivity contribution is -0.144. The quantitative estimate of drug-likeness (QED) is 0.627. The van der Waals surface area contributed by atoms with Gasteiger partial charge in [0.05, 0.1) is 11.5 Å². The second-order valence-corrected chi connectivity index (χ2v) is 5.50. The minimum absolute atomic E-state index is 0.225. The molecule has 0 aliphatic heterocycles. The van der Waals surface area contributed by atoms with Crippen LogP contribution in [-0.2, 0) is 4.79 Å². The van der Waals surface area contributed by atoms with Gasteiger partial charge in [-0.3, -0.25) is 4.79 Å². The molecular weight excluding hydrogens is 240 g/mol. The number of aliphatic hydroxyl groups excluding tert-OH is 1. The van der Waals surface area contributed by atoms with E-state index < -0.39 is 11.5 Å². The topological polar surface area (TPSA) is 46.5 Å². The summed E-state index contributed by atoms with van der Waals surface area (Å²) in [7, 11) is 0. The van der Waals surface area contributed by atoms with Crippen molar-refractivity contribution in [1.82, 2.24) is 0 Å². The monoisotopic (exact) mass is 264 g/mol. The van der Waals surface area contributed by atoms with Crippen molar-refractivity contribution in [2.75, 3.05) is 0 Å². The summed E-state index contributed by atoms with van der Waals surface area (Å²) in [6.07, 6.45) is 1.96. The first-order chi connectivity index (χ1) is 8.90. The Labute approximate surface area is 115 Å². The Morgan fingerprint density at radius 1 is 1.26 bits per heavy atom. The summed E-state index contributed by atoms with van der Waals surface area (Å²) < 4.78 is 5.34. The third kappa shape index (κ3) is 4.35. The highest BCUT2D eigenvalue weighted by molar-refractivity contribution is 5.78. The number of aliphatic hydroxyl groups is 1. The fourth-order valence-electron chi connectivity index (χ4n) is 1.59. The molecule has 1 aromatic rings. The third-order valence-corrected chi connectivity index (χ3v) is 3.47. The van der Waals surface area contributed by atoms with Crippen molar-refractivity contribution >= 4 is 5.97 Å². The molecular formula is C16H24O3. The van der Waals surface area contributed by atoms with Crippen LogP contribution in [0, 0.1) is 5.41 Å². The Morgan fingerprint density at radius 2 is 1.84 bits per heavy atom. The Balaban J connectivity index is 2.70. The van der Waals surface area contributed by atoms with Crippen molar-refractivity contribution in [2.45, 2.75) is 53.1 Å². The number of carbonyl (C=O) groups excluding carboxylic acids is 1. The molecule has 1 aromatic carbocycles. The van der Waals surface area contributed by atoms with Gasteiger partial charge >= 0.3 is 5.97 Å². The molecule has 0 aliphatic rings. The van der Waals surface area contributed by atoms with Gasteiger partial charge in [-0.15, -0.1) is 0 Å². The zero-order valence-corrected chi connectivity index (χ0v) is 12.3. The third-order valence-electron chi connectivity index (χ3n) is 3.47. The smallest absolute Gasteiger partial charge is 0.316 e. The lowest BCUT2D eigenvalue weighted by atomic mass is 9.91. The molecule has 1 unspecified atom stereocenters. The van der Waals surface area contributed by atoms with Crippen molar-refractivity contribution in [1.29, 1.82) is 0 Å². The van der Waals surface area contributed by atoms with Crippen LogP contribution < -0.4 is 4.74 Å². The summed E-state index contributed by atoms with van der Waals surface area (Å²) >= 11 is 0. The van der Waals surface area contributed by atoms with Gasteiger partial charge in [0.2, 0.25) is 0 Å². The van der Waals surface area contributed by atoms with Crippen LogP contribution in [0.25, 0.3) is 0 Å². The minimum atomic E-state index is -0.472. The second-order valence-electron chi connectivity index (χ2n) is 5.50. The number of hydrogen-bond acceptors (Lipinski definition) is 3. The molecule has 1 N–H and O–H groups in total. The number of rotatable bonds is 6. The van der Waals surface area contributed by atoms with Gasteiger partial charge < -0.3 is 9.84 Å². The first-order valence-electron chi connectivity index (χ1n) is 6.91. The fourth-order valence-corrected chi connectivity index (χ4v) is 1.59. The van der Waals surface area contributed by atoms with E-state index in [1.54, 1.807) is 12.1 Å². The average Bonchev–Trinajstić information content (AvgIpc) is 2.39. The molecule has 0 aromatic heterocycles. The molecule has 3 nitrogen and oxygen atoms in total. The summed E-state index contributed by atoms with van der Waals surface area (Å²) in [5.74, 6) is 0.302. The molecule has 0 aliphatic carbocycles. The van der Waals surface area contributed by atoms with Crippen molar-refractivity contribution in [3.8, 4) is 5.75 Å². The van der Waals surface area contributed by atoms with Crippen LogP contribution in [0.1, 0.15) is 58.6 Å². The van der Waals surface area contributed by atoms with Crippen molar-refractivity contribution in [2.24, 2.45) is 5.41 Å². The average molecular weight is 264 g/mol. The minimum Gasteiger partial charge on any atom is -0.426 e. The molecule has 0 heterocycles. The Kier molecular flexibility index (Phi) is 5.55. The maximum atomic E-state index is 11.9.